The number of aliphatic carboxylic acids is 2. The molecule has 0 fully saturated rings. The first-order chi connectivity index (χ1) is 2.64. The topological polar surface area (TPSA) is 74.6 Å². The Labute approximate surface area is 82.0 Å². The summed E-state index contributed by atoms with van der Waals surface area (Å²) in [5.41, 5.74) is 0. The molecule has 0 aliphatic rings. The zero-order valence-corrected chi connectivity index (χ0v) is 6.95. The molecule has 9 heavy (non-hydrogen) atoms. The van der Waals surface area contributed by atoms with E-state index in [1.165, 1.54) is 0 Å². The molecule has 0 amide bonds. The first-order valence-electron chi connectivity index (χ1n) is 1.11. The van der Waals surface area contributed by atoms with Gasteiger partial charge in [0.05, 0.1) is 0 Å². The molecule has 4 nitrogen and oxygen atoms in total. The van der Waals surface area contributed by atoms with Crippen LogP contribution in [0.5, 0.6) is 0 Å². The maximum Gasteiger partial charge on any atom is 0.414 e. The van der Waals surface area contributed by atoms with E-state index in [0.29, 0.717) is 0 Å². The molecule has 0 aliphatic carbocycles. The van der Waals surface area contributed by atoms with Crippen LogP contribution >= 0.6 is 0 Å². The molecule has 0 rings (SSSR count). The molecule has 2 N–H and O–H groups in total. The molecule has 0 unspecified atom stereocenters. The smallest absolute Gasteiger partial charge is 0.414 e. The Bertz CT molecular complexity index is 84.6. The van der Waals surface area contributed by atoms with Gasteiger partial charge in [-0.1, -0.05) is 0 Å². The number of rotatable bonds is 0. The van der Waals surface area contributed by atoms with Crippen LogP contribution in [0.25, 0.3) is 0 Å². The SMILES string of the molecule is O=C(O)C(=O)O.[Co].[Mn].[Ni]. The standard InChI is InChI=1S/C2H2O4.Co.Mn.Ni/c3-1(4)2(5)6;;;/h(H,3,4)(H,5,6);;;. The van der Waals surface area contributed by atoms with Gasteiger partial charge >= 0.3 is 11.9 Å². The number of hydrogen-bond acceptors (Lipinski definition) is 2. The quantitative estimate of drug-likeness (QED) is 0.440. The molecule has 2 radical (unpaired) electrons. The molecule has 0 saturated heterocycles. The van der Waals surface area contributed by atoms with Crippen LogP contribution < -0.4 is 0 Å². The molecule has 0 aromatic rings. The fourth-order valence-electron chi connectivity index (χ4n) is 0. The van der Waals surface area contributed by atoms with Gasteiger partial charge in [0.2, 0.25) is 0 Å². The first-order valence-corrected chi connectivity index (χ1v) is 1.11. The molecule has 0 heterocycles. The fraction of sp³-hybridized carbons (Fsp3) is 0. The molecule has 0 bridgehead atoms. The van der Waals surface area contributed by atoms with Gasteiger partial charge in [-0.25, -0.2) is 9.59 Å². The second kappa shape index (κ2) is 11.3. The maximum absolute atomic E-state index is 9.10. The third-order valence-corrected chi connectivity index (χ3v) is 0.183. The van der Waals surface area contributed by atoms with Gasteiger partial charge in [0.1, 0.15) is 0 Å². The van der Waals surface area contributed by atoms with Crippen molar-refractivity contribution in [3.8, 4) is 0 Å². The Morgan fingerprint density at radius 3 is 1.11 bits per heavy atom. The van der Waals surface area contributed by atoms with E-state index in [9.17, 15) is 0 Å². The van der Waals surface area contributed by atoms with Gasteiger partial charge in [-0.3, -0.25) is 0 Å². The molecular formula is C2H2CoMnNiO4. The first kappa shape index (κ1) is 22.7. The van der Waals surface area contributed by atoms with Crippen molar-refractivity contribution in [2.45, 2.75) is 0 Å². The minimum Gasteiger partial charge on any atom is -0.473 e. The van der Waals surface area contributed by atoms with Crippen LogP contribution in [0.4, 0.5) is 0 Å². The Morgan fingerprint density at radius 2 is 1.11 bits per heavy atom. The van der Waals surface area contributed by atoms with E-state index in [1.807, 2.05) is 0 Å². The molecule has 0 aromatic carbocycles. The van der Waals surface area contributed by atoms with Gasteiger partial charge < -0.3 is 10.2 Å². The third-order valence-electron chi connectivity index (χ3n) is 0.183. The summed E-state index contributed by atoms with van der Waals surface area (Å²) in [5, 5.41) is 14.8. The number of carboxylic acids is 2. The predicted octanol–water partition coefficient (Wildman–Crippen LogP) is -0.852. The van der Waals surface area contributed by atoms with Crippen molar-refractivity contribution in [2.75, 3.05) is 0 Å². The van der Waals surface area contributed by atoms with Crippen LogP contribution in [0.3, 0.4) is 0 Å². The summed E-state index contributed by atoms with van der Waals surface area (Å²) in [6.45, 7) is 0. The van der Waals surface area contributed by atoms with Gasteiger partial charge in [0.25, 0.3) is 0 Å². The molecule has 0 aliphatic heterocycles. The van der Waals surface area contributed by atoms with Gasteiger partial charge in [-0.2, -0.15) is 0 Å². The summed E-state index contributed by atoms with van der Waals surface area (Å²) in [4.78, 5) is 18.2. The summed E-state index contributed by atoms with van der Waals surface area (Å²) >= 11 is 0. The number of hydrogen-bond donors (Lipinski definition) is 2. The molecule has 0 spiro atoms. The van der Waals surface area contributed by atoms with E-state index in [0.717, 1.165) is 0 Å². The minimum atomic E-state index is -1.82. The van der Waals surface area contributed by atoms with Gasteiger partial charge in [-0.15, -0.1) is 0 Å². The summed E-state index contributed by atoms with van der Waals surface area (Å²) in [6.07, 6.45) is 0. The van der Waals surface area contributed by atoms with Crippen molar-refractivity contribution >= 4 is 11.9 Å². The number of carboxylic acid groups (broad SMARTS) is 2. The van der Waals surface area contributed by atoms with E-state index in [1.54, 1.807) is 0 Å². The van der Waals surface area contributed by atoms with E-state index in [-0.39, 0.29) is 50.3 Å². The van der Waals surface area contributed by atoms with Gasteiger partial charge in [0, 0.05) is 50.3 Å². The van der Waals surface area contributed by atoms with E-state index in [2.05, 4.69) is 0 Å². The zero-order chi connectivity index (χ0) is 5.15. The van der Waals surface area contributed by atoms with Crippen LogP contribution in [-0.2, 0) is 59.9 Å². The summed E-state index contributed by atoms with van der Waals surface area (Å²) < 4.78 is 0. The molecular weight excluding hydrogens is 261 g/mol. The summed E-state index contributed by atoms with van der Waals surface area (Å²) in [5.74, 6) is -3.65. The van der Waals surface area contributed by atoms with Crippen molar-refractivity contribution in [3.63, 3.8) is 0 Å². The fourth-order valence-corrected chi connectivity index (χ4v) is 0. The van der Waals surface area contributed by atoms with Crippen molar-refractivity contribution in [1.82, 2.24) is 0 Å². The van der Waals surface area contributed by atoms with Crippen LogP contribution in [0.15, 0.2) is 0 Å². The second-order valence-electron chi connectivity index (χ2n) is 0.610. The van der Waals surface area contributed by atoms with Crippen molar-refractivity contribution < 1.29 is 70.1 Å². The average Bonchev–Trinajstić information content (AvgIpc) is 1.36. The molecule has 0 atom stereocenters. The Balaban J connectivity index is -0.0000000417. The molecule has 0 aromatic heterocycles. The van der Waals surface area contributed by atoms with Crippen molar-refractivity contribution in [1.29, 1.82) is 0 Å². The Morgan fingerprint density at radius 1 is 1.00 bits per heavy atom. The number of carbonyl (C=O) groups is 2. The van der Waals surface area contributed by atoms with Crippen molar-refractivity contribution in [3.05, 3.63) is 0 Å². The predicted molar refractivity (Wildman–Crippen MR) is 15.3 cm³/mol. The van der Waals surface area contributed by atoms with Gasteiger partial charge in [-0.05, 0) is 0 Å². The maximum atomic E-state index is 9.10. The van der Waals surface area contributed by atoms with Crippen molar-refractivity contribution in [2.24, 2.45) is 0 Å². The Kier molecular flexibility index (Phi) is 28.5. The monoisotopic (exact) mass is 262 g/mol. The summed E-state index contributed by atoms with van der Waals surface area (Å²) in [7, 11) is 0. The van der Waals surface area contributed by atoms with Crippen LogP contribution in [0.1, 0.15) is 0 Å². The largest absolute Gasteiger partial charge is 0.473 e. The van der Waals surface area contributed by atoms with Gasteiger partial charge in [0.15, 0.2) is 0 Å². The zero-order valence-electron chi connectivity index (χ0n) is 3.74. The molecule has 60 valence electrons. The van der Waals surface area contributed by atoms with E-state index < -0.39 is 11.9 Å². The minimum absolute atomic E-state index is 0. The second-order valence-corrected chi connectivity index (χ2v) is 0.610. The van der Waals surface area contributed by atoms with E-state index in [4.69, 9.17) is 19.8 Å². The Hall–Kier alpha value is 0.459. The normalized spacial score (nSPS) is 4.89. The average molecular weight is 263 g/mol. The van der Waals surface area contributed by atoms with Crippen LogP contribution in [0.2, 0.25) is 0 Å². The third kappa shape index (κ3) is 17.7. The van der Waals surface area contributed by atoms with Crippen LogP contribution in [-0.4, -0.2) is 22.2 Å². The molecule has 0 saturated carbocycles. The van der Waals surface area contributed by atoms with Crippen LogP contribution in [0, 0.1) is 0 Å². The molecule has 7 heteroatoms. The van der Waals surface area contributed by atoms with E-state index >= 15 is 0 Å². The summed E-state index contributed by atoms with van der Waals surface area (Å²) in [6, 6.07) is 0.